The standard InChI is InChI=1S/C23H20N2/c1-2-7-19(8-3-1)15-20-9-4-10-21(16-20)17-22-11-5-12-23(18-22)25-14-6-13-24-25/h1-14,16,18H,15,17H2. The lowest BCUT2D eigenvalue weighted by molar-refractivity contribution is 0.878. The van der Waals surface area contributed by atoms with E-state index in [0.29, 0.717) is 0 Å². The van der Waals surface area contributed by atoms with Crippen LogP contribution in [0.4, 0.5) is 0 Å². The summed E-state index contributed by atoms with van der Waals surface area (Å²) in [4.78, 5) is 0. The van der Waals surface area contributed by atoms with Crippen LogP contribution in [0.2, 0.25) is 0 Å². The van der Waals surface area contributed by atoms with Gasteiger partial charge in [0, 0.05) is 12.4 Å². The normalized spacial score (nSPS) is 10.7. The van der Waals surface area contributed by atoms with Crippen LogP contribution in [0.3, 0.4) is 0 Å². The molecule has 0 aliphatic rings. The lowest BCUT2D eigenvalue weighted by Crippen LogP contribution is -1.97. The Kier molecular flexibility index (Phi) is 4.42. The van der Waals surface area contributed by atoms with Crippen molar-refractivity contribution in [3.63, 3.8) is 0 Å². The van der Waals surface area contributed by atoms with Crippen molar-refractivity contribution < 1.29 is 0 Å². The van der Waals surface area contributed by atoms with Crippen molar-refractivity contribution in [3.05, 3.63) is 120 Å². The summed E-state index contributed by atoms with van der Waals surface area (Å²) < 4.78 is 1.90. The van der Waals surface area contributed by atoms with Crippen LogP contribution in [0, 0.1) is 0 Å². The van der Waals surface area contributed by atoms with Gasteiger partial charge in [-0.3, -0.25) is 0 Å². The Morgan fingerprint density at radius 1 is 0.600 bits per heavy atom. The molecule has 1 heterocycles. The van der Waals surface area contributed by atoms with Gasteiger partial charge in [-0.15, -0.1) is 0 Å². The average molecular weight is 324 g/mol. The maximum atomic E-state index is 4.31. The number of hydrogen-bond donors (Lipinski definition) is 0. The topological polar surface area (TPSA) is 17.8 Å². The number of benzene rings is 3. The van der Waals surface area contributed by atoms with Gasteiger partial charge < -0.3 is 0 Å². The average Bonchev–Trinajstić information content (AvgIpc) is 3.18. The third kappa shape index (κ3) is 3.86. The molecule has 2 heteroatoms. The molecule has 0 amide bonds. The SMILES string of the molecule is c1ccc(Cc2cccc(Cc3cccc(-n4cccn4)c3)c2)cc1. The van der Waals surface area contributed by atoms with Crippen LogP contribution in [0.5, 0.6) is 0 Å². The lowest BCUT2D eigenvalue weighted by Gasteiger charge is -2.08. The van der Waals surface area contributed by atoms with Gasteiger partial charge in [-0.1, -0.05) is 66.7 Å². The number of nitrogens with zero attached hydrogens (tertiary/aromatic N) is 2. The van der Waals surface area contributed by atoms with Crippen molar-refractivity contribution >= 4 is 0 Å². The molecule has 2 nitrogen and oxygen atoms in total. The third-order valence-corrected chi connectivity index (χ3v) is 4.33. The van der Waals surface area contributed by atoms with Gasteiger partial charge in [-0.2, -0.15) is 5.10 Å². The van der Waals surface area contributed by atoms with E-state index >= 15 is 0 Å². The second-order valence-electron chi connectivity index (χ2n) is 6.28. The van der Waals surface area contributed by atoms with Gasteiger partial charge in [-0.25, -0.2) is 4.68 Å². The second kappa shape index (κ2) is 7.18. The second-order valence-corrected chi connectivity index (χ2v) is 6.28. The first-order valence-corrected chi connectivity index (χ1v) is 8.57. The van der Waals surface area contributed by atoms with Crippen molar-refractivity contribution in [2.45, 2.75) is 12.8 Å². The van der Waals surface area contributed by atoms with E-state index < -0.39 is 0 Å². The van der Waals surface area contributed by atoms with Crippen LogP contribution in [-0.2, 0) is 12.8 Å². The Balaban J connectivity index is 1.53. The monoisotopic (exact) mass is 324 g/mol. The van der Waals surface area contributed by atoms with Crippen LogP contribution in [-0.4, -0.2) is 9.78 Å². The van der Waals surface area contributed by atoms with E-state index in [1.54, 1.807) is 6.20 Å². The molecule has 0 aliphatic carbocycles. The van der Waals surface area contributed by atoms with Crippen LogP contribution in [0.15, 0.2) is 97.3 Å². The van der Waals surface area contributed by atoms with Gasteiger partial charge >= 0.3 is 0 Å². The van der Waals surface area contributed by atoms with Gasteiger partial charge in [0.2, 0.25) is 0 Å². The first-order valence-electron chi connectivity index (χ1n) is 8.57. The molecule has 3 aromatic carbocycles. The highest BCUT2D eigenvalue weighted by Crippen LogP contribution is 2.17. The lowest BCUT2D eigenvalue weighted by atomic mass is 9.99. The molecule has 4 rings (SSSR count). The zero-order chi connectivity index (χ0) is 16.9. The van der Waals surface area contributed by atoms with Gasteiger partial charge in [0.25, 0.3) is 0 Å². The third-order valence-electron chi connectivity index (χ3n) is 4.33. The summed E-state index contributed by atoms with van der Waals surface area (Å²) in [5.41, 5.74) is 6.44. The molecule has 0 radical (unpaired) electrons. The number of rotatable bonds is 5. The summed E-state index contributed by atoms with van der Waals surface area (Å²) in [6, 6.07) is 30.0. The minimum atomic E-state index is 0.928. The quantitative estimate of drug-likeness (QED) is 0.502. The van der Waals surface area contributed by atoms with Crippen LogP contribution in [0.1, 0.15) is 22.3 Å². The minimum absolute atomic E-state index is 0.928. The van der Waals surface area contributed by atoms with Gasteiger partial charge in [0.1, 0.15) is 0 Å². The molecule has 0 N–H and O–H groups in total. The van der Waals surface area contributed by atoms with E-state index in [1.807, 2.05) is 16.9 Å². The van der Waals surface area contributed by atoms with E-state index in [9.17, 15) is 0 Å². The van der Waals surface area contributed by atoms with Crippen molar-refractivity contribution in [1.29, 1.82) is 0 Å². The molecular weight excluding hydrogens is 304 g/mol. The van der Waals surface area contributed by atoms with Crippen LogP contribution >= 0.6 is 0 Å². The summed E-state index contributed by atoms with van der Waals surface area (Å²) >= 11 is 0. The van der Waals surface area contributed by atoms with Gasteiger partial charge in [0.05, 0.1) is 5.69 Å². The predicted molar refractivity (Wildman–Crippen MR) is 102 cm³/mol. The fraction of sp³-hybridized carbons (Fsp3) is 0.0870. The van der Waals surface area contributed by atoms with E-state index in [1.165, 1.54) is 22.3 Å². The first kappa shape index (κ1) is 15.4. The highest BCUT2D eigenvalue weighted by molar-refractivity contribution is 5.38. The molecule has 4 aromatic rings. The highest BCUT2D eigenvalue weighted by atomic mass is 15.3. The zero-order valence-electron chi connectivity index (χ0n) is 14.0. The smallest absolute Gasteiger partial charge is 0.0648 e. The molecule has 122 valence electrons. The van der Waals surface area contributed by atoms with Crippen LogP contribution < -0.4 is 0 Å². The van der Waals surface area contributed by atoms with E-state index in [4.69, 9.17) is 0 Å². The Hall–Kier alpha value is -3.13. The summed E-state index contributed by atoms with van der Waals surface area (Å²) in [5, 5.41) is 4.31. The van der Waals surface area contributed by atoms with E-state index in [2.05, 4.69) is 84.0 Å². The molecule has 0 saturated carbocycles. The molecule has 0 atom stereocenters. The fourth-order valence-corrected chi connectivity index (χ4v) is 3.15. The van der Waals surface area contributed by atoms with Gasteiger partial charge in [0.15, 0.2) is 0 Å². The summed E-state index contributed by atoms with van der Waals surface area (Å²) in [6.45, 7) is 0. The summed E-state index contributed by atoms with van der Waals surface area (Å²) in [7, 11) is 0. The molecule has 0 fully saturated rings. The molecule has 0 spiro atoms. The Morgan fingerprint density at radius 2 is 1.24 bits per heavy atom. The van der Waals surface area contributed by atoms with Gasteiger partial charge in [-0.05, 0) is 53.3 Å². The Morgan fingerprint density at radius 3 is 1.96 bits per heavy atom. The molecule has 0 bridgehead atoms. The first-order chi connectivity index (χ1) is 12.4. The molecule has 1 aromatic heterocycles. The maximum Gasteiger partial charge on any atom is 0.0648 e. The van der Waals surface area contributed by atoms with E-state index in [0.717, 1.165) is 18.5 Å². The molecule has 0 unspecified atom stereocenters. The van der Waals surface area contributed by atoms with Crippen molar-refractivity contribution in [3.8, 4) is 5.69 Å². The zero-order valence-corrected chi connectivity index (χ0v) is 14.0. The Labute approximate surface area is 148 Å². The molecule has 25 heavy (non-hydrogen) atoms. The fourth-order valence-electron chi connectivity index (χ4n) is 3.15. The Bertz CT molecular complexity index is 941. The summed E-state index contributed by atoms with van der Waals surface area (Å²) in [5.74, 6) is 0. The van der Waals surface area contributed by atoms with Crippen molar-refractivity contribution in [2.24, 2.45) is 0 Å². The number of hydrogen-bond acceptors (Lipinski definition) is 1. The number of aromatic nitrogens is 2. The minimum Gasteiger partial charge on any atom is -0.241 e. The van der Waals surface area contributed by atoms with Crippen molar-refractivity contribution in [1.82, 2.24) is 9.78 Å². The van der Waals surface area contributed by atoms with Crippen molar-refractivity contribution in [2.75, 3.05) is 0 Å². The largest absolute Gasteiger partial charge is 0.241 e. The molecule has 0 aliphatic heterocycles. The predicted octanol–water partition coefficient (Wildman–Crippen LogP) is 5.05. The highest BCUT2D eigenvalue weighted by Gasteiger charge is 2.02. The molecular formula is C23H20N2. The maximum absolute atomic E-state index is 4.31. The summed E-state index contributed by atoms with van der Waals surface area (Å²) in [6.07, 6.45) is 5.68. The molecule has 0 saturated heterocycles. The van der Waals surface area contributed by atoms with Crippen LogP contribution in [0.25, 0.3) is 5.69 Å². The van der Waals surface area contributed by atoms with E-state index in [-0.39, 0.29) is 0 Å².